The first-order valence-corrected chi connectivity index (χ1v) is 9.07. The van der Waals surface area contributed by atoms with E-state index in [1.807, 2.05) is 49.4 Å². The van der Waals surface area contributed by atoms with E-state index in [0.29, 0.717) is 13.0 Å². The van der Waals surface area contributed by atoms with Crippen LogP contribution in [0.15, 0.2) is 54.6 Å². The van der Waals surface area contributed by atoms with E-state index in [2.05, 4.69) is 6.58 Å². The summed E-state index contributed by atoms with van der Waals surface area (Å²) < 4.78 is 5.51. The molecule has 25 heavy (non-hydrogen) atoms. The Kier molecular flexibility index (Phi) is 6.23. The molecule has 0 aliphatic heterocycles. The van der Waals surface area contributed by atoms with Gasteiger partial charge in [-0.3, -0.25) is 4.79 Å². The molecule has 0 radical (unpaired) electrons. The number of benzene rings is 1. The summed E-state index contributed by atoms with van der Waals surface area (Å²) in [4.78, 5) is 12.8. The van der Waals surface area contributed by atoms with E-state index in [9.17, 15) is 9.90 Å². The Morgan fingerprint density at radius 2 is 1.96 bits per heavy atom. The Bertz CT molecular complexity index is 630. The Morgan fingerprint density at radius 1 is 1.28 bits per heavy atom. The first kappa shape index (κ1) is 19.5. The molecule has 1 aliphatic rings. The number of ether oxygens (including phenoxy) is 1. The molecule has 1 aliphatic carbocycles. The van der Waals surface area contributed by atoms with Crippen LogP contribution in [0.25, 0.3) is 0 Å². The van der Waals surface area contributed by atoms with Crippen molar-refractivity contribution in [3.05, 3.63) is 60.2 Å². The Labute approximate surface area is 151 Å². The van der Waals surface area contributed by atoms with E-state index in [4.69, 9.17) is 4.74 Å². The van der Waals surface area contributed by atoms with Gasteiger partial charge in [0.2, 0.25) is 0 Å². The summed E-state index contributed by atoms with van der Waals surface area (Å²) in [5.74, 6) is -0.450. The van der Waals surface area contributed by atoms with Gasteiger partial charge in [-0.25, -0.2) is 0 Å². The van der Waals surface area contributed by atoms with Crippen molar-refractivity contribution in [3.63, 3.8) is 0 Å². The molecule has 0 spiro atoms. The van der Waals surface area contributed by atoms with Crippen LogP contribution in [0.2, 0.25) is 0 Å². The van der Waals surface area contributed by atoms with E-state index >= 15 is 0 Å². The van der Waals surface area contributed by atoms with Crippen molar-refractivity contribution < 1.29 is 14.6 Å². The predicted octanol–water partition coefficient (Wildman–Crippen LogP) is 4.46. The Balaban J connectivity index is 2.08. The zero-order valence-electron chi connectivity index (χ0n) is 15.6. The van der Waals surface area contributed by atoms with E-state index in [1.165, 1.54) is 0 Å². The van der Waals surface area contributed by atoms with E-state index < -0.39 is 11.0 Å². The second kappa shape index (κ2) is 8.01. The average molecular weight is 342 g/mol. The molecule has 0 bridgehead atoms. The number of carbonyl (C=O) groups excluding carboxylic acids is 1. The van der Waals surface area contributed by atoms with E-state index in [0.717, 1.165) is 30.4 Å². The van der Waals surface area contributed by atoms with E-state index in [1.54, 1.807) is 13.8 Å². The normalized spacial score (nSPS) is 28.5. The summed E-state index contributed by atoms with van der Waals surface area (Å²) in [5, 5.41) is 11.2. The summed E-state index contributed by atoms with van der Waals surface area (Å²) in [6, 6.07) is 10.1. The minimum atomic E-state index is -1.18. The SMILES string of the molecule is C=CCCCCOC(=O)[C@@]1(C)C(C)=C[C@@H](Cc2ccccc2)[C@@]1(C)O. The minimum Gasteiger partial charge on any atom is -0.465 e. The number of carbonyl (C=O) groups is 1. The molecule has 136 valence electrons. The monoisotopic (exact) mass is 342 g/mol. The average Bonchev–Trinajstić information content (AvgIpc) is 2.76. The van der Waals surface area contributed by atoms with Gasteiger partial charge in [-0.1, -0.05) is 48.1 Å². The highest BCUT2D eigenvalue weighted by atomic mass is 16.5. The molecule has 0 saturated carbocycles. The highest BCUT2D eigenvalue weighted by Crippen LogP contribution is 2.51. The van der Waals surface area contributed by atoms with E-state index in [-0.39, 0.29) is 11.9 Å². The lowest BCUT2D eigenvalue weighted by atomic mass is 9.69. The lowest BCUT2D eigenvalue weighted by Gasteiger charge is -2.39. The van der Waals surface area contributed by atoms with Crippen LogP contribution in [-0.4, -0.2) is 23.3 Å². The van der Waals surface area contributed by atoms with Gasteiger partial charge in [0.15, 0.2) is 0 Å². The summed E-state index contributed by atoms with van der Waals surface area (Å²) in [6.07, 6.45) is 7.29. The predicted molar refractivity (Wildman–Crippen MR) is 101 cm³/mol. The van der Waals surface area contributed by atoms with Gasteiger partial charge in [-0.2, -0.15) is 0 Å². The molecule has 0 amide bonds. The van der Waals surface area contributed by atoms with Crippen molar-refractivity contribution in [1.82, 2.24) is 0 Å². The quantitative estimate of drug-likeness (QED) is 0.431. The Hall–Kier alpha value is -1.87. The molecule has 1 N–H and O–H groups in total. The van der Waals surface area contributed by atoms with Crippen molar-refractivity contribution in [2.24, 2.45) is 11.3 Å². The molecule has 3 atom stereocenters. The smallest absolute Gasteiger partial charge is 0.318 e. The maximum Gasteiger partial charge on any atom is 0.318 e. The van der Waals surface area contributed by atoms with Crippen LogP contribution >= 0.6 is 0 Å². The Morgan fingerprint density at radius 3 is 2.60 bits per heavy atom. The van der Waals surface area contributed by atoms with Crippen molar-refractivity contribution >= 4 is 5.97 Å². The fourth-order valence-corrected chi connectivity index (χ4v) is 3.59. The number of hydrogen-bond acceptors (Lipinski definition) is 3. The third-order valence-electron chi connectivity index (χ3n) is 5.72. The van der Waals surface area contributed by atoms with Crippen molar-refractivity contribution in [2.45, 2.75) is 52.1 Å². The summed E-state index contributed by atoms with van der Waals surface area (Å²) >= 11 is 0. The summed E-state index contributed by atoms with van der Waals surface area (Å²) in [7, 11) is 0. The summed E-state index contributed by atoms with van der Waals surface area (Å²) in [6.45, 7) is 9.55. The highest BCUT2D eigenvalue weighted by Gasteiger charge is 2.58. The van der Waals surface area contributed by atoms with Crippen molar-refractivity contribution in [3.8, 4) is 0 Å². The van der Waals surface area contributed by atoms with Crippen LogP contribution in [0.3, 0.4) is 0 Å². The third-order valence-corrected chi connectivity index (χ3v) is 5.72. The number of aliphatic hydroxyl groups is 1. The van der Waals surface area contributed by atoms with Gasteiger partial charge in [0.1, 0.15) is 5.41 Å². The van der Waals surface area contributed by atoms with Gasteiger partial charge >= 0.3 is 5.97 Å². The zero-order chi connectivity index (χ0) is 18.5. The number of rotatable bonds is 8. The number of hydrogen-bond donors (Lipinski definition) is 1. The van der Waals surface area contributed by atoms with Crippen molar-refractivity contribution in [2.75, 3.05) is 6.61 Å². The molecule has 3 nitrogen and oxygen atoms in total. The molecule has 0 fully saturated rings. The van der Waals surface area contributed by atoms with Crippen LogP contribution in [-0.2, 0) is 16.0 Å². The molecule has 3 heteroatoms. The fourth-order valence-electron chi connectivity index (χ4n) is 3.59. The number of unbranched alkanes of at least 4 members (excludes halogenated alkanes) is 2. The van der Waals surface area contributed by atoms with Crippen LogP contribution in [0.4, 0.5) is 0 Å². The largest absolute Gasteiger partial charge is 0.465 e. The van der Waals surface area contributed by atoms with Crippen molar-refractivity contribution in [1.29, 1.82) is 0 Å². The number of esters is 1. The topological polar surface area (TPSA) is 46.5 Å². The maximum atomic E-state index is 12.8. The molecule has 2 rings (SSSR count). The fraction of sp³-hybridized carbons (Fsp3) is 0.500. The number of allylic oxidation sites excluding steroid dienone is 1. The zero-order valence-corrected chi connectivity index (χ0v) is 15.6. The minimum absolute atomic E-state index is 0.117. The molecule has 0 unspecified atom stereocenters. The standard InChI is InChI=1S/C22H30O3/c1-5-6-7-11-14-25-20(23)21(3)17(2)15-19(22(21,4)24)16-18-12-9-8-10-13-18/h5,8-10,12-13,15,19,24H,1,6-7,11,14,16H2,2-4H3/t19-,21+,22+/m0/s1. The van der Waals surface area contributed by atoms with Crippen LogP contribution < -0.4 is 0 Å². The molecule has 0 saturated heterocycles. The molecular formula is C22H30O3. The molecule has 0 heterocycles. The highest BCUT2D eigenvalue weighted by molar-refractivity contribution is 5.83. The molecular weight excluding hydrogens is 312 g/mol. The third kappa shape index (κ3) is 3.87. The second-order valence-corrected chi connectivity index (χ2v) is 7.34. The van der Waals surface area contributed by atoms with Crippen LogP contribution in [0, 0.1) is 11.3 Å². The second-order valence-electron chi connectivity index (χ2n) is 7.34. The lowest BCUT2D eigenvalue weighted by Crippen LogP contribution is -2.51. The van der Waals surface area contributed by atoms with Gasteiger partial charge in [-0.15, -0.1) is 6.58 Å². The van der Waals surface area contributed by atoms with Crippen LogP contribution in [0.5, 0.6) is 0 Å². The van der Waals surface area contributed by atoms with Crippen LogP contribution in [0.1, 0.15) is 45.6 Å². The molecule has 1 aromatic carbocycles. The van der Waals surface area contributed by atoms with Gasteiger partial charge in [0.25, 0.3) is 0 Å². The van der Waals surface area contributed by atoms with Gasteiger partial charge in [-0.05, 0) is 52.0 Å². The van der Waals surface area contributed by atoms with Gasteiger partial charge in [0, 0.05) is 5.92 Å². The lowest BCUT2D eigenvalue weighted by molar-refractivity contribution is -0.168. The molecule has 0 aromatic heterocycles. The molecule has 1 aromatic rings. The summed E-state index contributed by atoms with van der Waals surface area (Å²) in [5.41, 5.74) is -0.149. The van der Waals surface area contributed by atoms with Gasteiger partial charge in [0.05, 0.1) is 12.2 Å². The maximum absolute atomic E-state index is 12.8. The first-order chi connectivity index (χ1) is 11.8. The first-order valence-electron chi connectivity index (χ1n) is 9.07. The van der Waals surface area contributed by atoms with Gasteiger partial charge < -0.3 is 9.84 Å².